The largest absolute Gasteiger partial charge is 0.508 e. The van der Waals surface area contributed by atoms with Crippen LogP contribution < -0.4 is 0 Å². The van der Waals surface area contributed by atoms with Crippen LogP contribution in [0.3, 0.4) is 0 Å². The number of hydrogen-bond acceptors (Lipinski definition) is 3. The molecular formula is C14H14O3. The Hall–Kier alpha value is -2.16. The van der Waals surface area contributed by atoms with Crippen molar-refractivity contribution in [1.82, 2.24) is 0 Å². The van der Waals surface area contributed by atoms with Crippen LogP contribution in [0.15, 0.2) is 30.3 Å². The lowest BCUT2D eigenvalue weighted by atomic mass is 9.98. The van der Waals surface area contributed by atoms with Crippen molar-refractivity contribution < 1.29 is 15.3 Å². The van der Waals surface area contributed by atoms with Crippen molar-refractivity contribution in [2.45, 2.75) is 13.8 Å². The van der Waals surface area contributed by atoms with Crippen LogP contribution in [-0.2, 0) is 0 Å². The van der Waals surface area contributed by atoms with Crippen molar-refractivity contribution in [3.8, 4) is 28.4 Å². The third-order valence-corrected chi connectivity index (χ3v) is 2.88. The molecule has 0 atom stereocenters. The molecule has 0 unspecified atom stereocenters. The maximum absolute atomic E-state index is 9.89. The maximum atomic E-state index is 9.89. The Morgan fingerprint density at radius 3 is 1.94 bits per heavy atom. The highest BCUT2D eigenvalue weighted by molar-refractivity contribution is 5.77. The molecule has 88 valence electrons. The van der Waals surface area contributed by atoms with Crippen LogP contribution in [-0.4, -0.2) is 15.3 Å². The Labute approximate surface area is 99.6 Å². The second-order valence-electron chi connectivity index (χ2n) is 4.16. The zero-order valence-electron chi connectivity index (χ0n) is 9.73. The van der Waals surface area contributed by atoms with Crippen LogP contribution >= 0.6 is 0 Å². The molecule has 0 aliphatic heterocycles. The highest BCUT2D eigenvalue weighted by Crippen LogP contribution is 2.38. The lowest BCUT2D eigenvalue weighted by Gasteiger charge is -2.10. The first-order valence-electron chi connectivity index (χ1n) is 5.31. The summed E-state index contributed by atoms with van der Waals surface area (Å²) in [5.74, 6) is 0.0622. The van der Waals surface area contributed by atoms with E-state index >= 15 is 0 Å². The quantitative estimate of drug-likeness (QED) is 0.705. The van der Waals surface area contributed by atoms with Gasteiger partial charge in [-0.15, -0.1) is 0 Å². The fourth-order valence-corrected chi connectivity index (χ4v) is 1.76. The van der Waals surface area contributed by atoms with E-state index in [2.05, 4.69) is 0 Å². The molecule has 0 radical (unpaired) electrons. The minimum atomic E-state index is -0.0523. The Bertz CT molecular complexity index is 574. The number of aromatic hydroxyl groups is 3. The van der Waals surface area contributed by atoms with Crippen LogP contribution in [0.1, 0.15) is 11.1 Å². The number of phenolic OH excluding ortho intramolecular Hbond substituents is 3. The third-order valence-electron chi connectivity index (χ3n) is 2.88. The zero-order chi connectivity index (χ0) is 12.6. The Morgan fingerprint density at radius 1 is 0.706 bits per heavy atom. The molecule has 0 saturated carbocycles. The fourth-order valence-electron chi connectivity index (χ4n) is 1.76. The van der Waals surface area contributed by atoms with Gasteiger partial charge in [0.05, 0.1) is 0 Å². The lowest BCUT2D eigenvalue weighted by Crippen LogP contribution is -1.86. The van der Waals surface area contributed by atoms with E-state index in [1.165, 1.54) is 12.1 Å². The molecule has 3 heteroatoms. The molecule has 0 heterocycles. The molecular weight excluding hydrogens is 216 g/mol. The van der Waals surface area contributed by atoms with Gasteiger partial charge in [0.2, 0.25) is 0 Å². The van der Waals surface area contributed by atoms with Crippen molar-refractivity contribution in [3.05, 3.63) is 41.5 Å². The Balaban J connectivity index is 2.64. The number of rotatable bonds is 1. The molecule has 2 aromatic carbocycles. The minimum Gasteiger partial charge on any atom is -0.508 e. The number of phenols is 3. The summed E-state index contributed by atoms with van der Waals surface area (Å²) in [4.78, 5) is 0. The van der Waals surface area contributed by atoms with E-state index in [0.717, 1.165) is 11.1 Å². The summed E-state index contributed by atoms with van der Waals surface area (Å²) in [7, 11) is 0. The molecule has 2 rings (SSSR count). The second kappa shape index (κ2) is 4.01. The van der Waals surface area contributed by atoms with E-state index in [9.17, 15) is 15.3 Å². The summed E-state index contributed by atoms with van der Waals surface area (Å²) in [5.41, 5.74) is 3.09. The van der Waals surface area contributed by atoms with E-state index < -0.39 is 0 Å². The van der Waals surface area contributed by atoms with Gasteiger partial charge in [-0.3, -0.25) is 0 Å². The first-order chi connectivity index (χ1) is 7.99. The van der Waals surface area contributed by atoms with Gasteiger partial charge in [-0.05, 0) is 49.2 Å². The van der Waals surface area contributed by atoms with Crippen molar-refractivity contribution in [2.24, 2.45) is 0 Å². The summed E-state index contributed by atoms with van der Waals surface area (Å²) in [6.45, 7) is 3.85. The van der Waals surface area contributed by atoms with Gasteiger partial charge < -0.3 is 15.3 Å². The number of benzene rings is 2. The van der Waals surface area contributed by atoms with Gasteiger partial charge in [0, 0.05) is 17.2 Å². The summed E-state index contributed by atoms with van der Waals surface area (Å²) in [5, 5.41) is 28.9. The second-order valence-corrected chi connectivity index (χ2v) is 4.16. The summed E-state index contributed by atoms with van der Waals surface area (Å²) < 4.78 is 0. The van der Waals surface area contributed by atoms with E-state index in [-0.39, 0.29) is 17.2 Å². The predicted octanol–water partition coefficient (Wildman–Crippen LogP) is 3.09. The summed E-state index contributed by atoms with van der Waals surface area (Å²) in [6.07, 6.45) is 0. The summed E-state index contributed by atoms with van der Waals surface area (Å²) >= 11 is 0. The Kier molecular flexibility index (Phi) is 2.68. The SMILES string of the molecule is Cc1cc(O)c(-c2ccc(O)cc2O)cc1C. The van der Waals surface area contributed by atoms with Gasteiger partial charge in [-0.1, -0.05) is 0 Å². The lowest BCUT2D eigenvalue weighted by molar-refractivity contribution is 0.450. The van der Waals surface area contributed by atoms with E-state index in [0.29, 0.717) is 11.1 Å². The van der Waals surface area contributed by atoms with Crippen molar-refractivity contribution in [3.63, 3.8) is 0 Å². The molecule has 3 N–H and O–H groups in total. The average Bonchev–Trinajstić information content (AvgIpc) is 2.24. The molecule has 0 bridgehead atoms. The van der Waals surface area contributed by atoms with Crippen molar-refractivity contribution >= 4 is 0 Å². The molecule has 0 spiro atoms. The highest BCUT2D eigenvalue weighted by atomic mass is 16.3. The molecule has 0 amide bonds. The molecule has 17 heavy (non-hydrogen) atoms. The van der Waals surface area contributed by atoms with Crippen LogP contribution in [0.4, 0.5) is 0 Å². The number of aryl methyl sites for hydroxylation is 2. The first kappa shape index (κ1) is 11.3. The molecule has 2 aromatic rings. The fraction of sp³-hybridized carbons (Fsp3) is 0.143. The van der Waals surface area contributed by atoms with E-state index in [4.69, 9.17) is 0 Å². The van der Waals surface area contributed by atoms with Crippen LogP contribution in [0, 0.1) is 13.8 Å². The van der Waals surface area contributed by atoms with E-state index in [1.807, 2.05) is 19.9 Å². The average molecular weight is 230 g/mol. The van der Waals surface area contributed by atoms with Gasteiger partial charge in [0.25, 0.3) is 0 Å². The van der Waals surface area contributed by atoms with E-state index in [1.54, 1.807) is 12.1 Å². The van der Waals surface area contributed by atoms with Crippen molar-refractivity contribution in [1.29, 1.82) is 0 Å². The molecule has 0 aromatic heterocycles. The highest BCUT2D eigenvalue weighted by Gasteiger charge is 2.11. The molecule has 0 aliphatic carbocycles. The molecule has 0 fully saturated rings. The van der Waals surface area contributed by atoms with Gasteiger partial charge in [0.1, 0.15) is 17.2 Å². The van der Waals surface area contributed by atoms with Crippen molar-refractivity contribution in [2.75, 3.05) is 0 Å². The molecule has 0 saturated heterocycles. The monoisotopic (exact) mass is 230 g/mol. The predicted molar refractivity (Wildman–Crippen MR) is 66.3 cm³/mol. The zero-order valence-corrected chi connectivity index (χ0v) is 9.73. The first-order valence-corrected chi connectivity index (χ1v) is 5.31. The van der Waals surface area contributed by atoms with Gasteiger partial charge >= 0.3 is 0 Å². The third kappa shape index (κ3) is 2.04. The molecule has 0 aliphatic rings. The normalized spacial score (nSPS) is 10.5. The summed E-state index contributed by atoms with van der Waals surface area (Å²) in [6, 6.07) is 7.79. The van der Waals surface area contributed by atoms with Gasteiger partial charge in [-0.2, -0.15) is 0 Å². The minimum absolute atomic E-state index is 0.00502. The van der Waals surface area contributed by atoms with Gasteiger partial charge in [-0.25, -0.2) is 0 Å². The van der Waals surface area contributed by atoms with Crippen LogP contribution in [0.5, 0.6) is 17.2 Å². The maximum Gasteiger partial charge on any atom is 0.127 e. The topological polar surface area (TPSA) is 60.7 Å². The Morgan fingerprint density at radius 2 is 1.29 bits per heavy atom. The number of hydrogen-bond donors (Lipinski definition) is 3. The van der Waals surface area contributed by atoms with Crippen LogP contribution in [0.25, 0.3) is 11.1 Å². The smallest absolute Gasteiger partial charge is 0.127 e. The van der Waals surface area contributed by atoms with Gasteiger partial charge in [0.15, 0.2) is 0 Å². The van der Waals surface area contributed by atoms with Crippen LogP contribution in [0.2, 0.25) is 0 Å². The standard InChI is InChI=1S/C14H14O3/c1-8-5-12(13(16)6-9(8)2)11-4-3-10(15)7-14(11)17/h3-7,15-17H,1-2H3. The molecule has 3 nitrogen and oxygen atoms in total.